The van der Waals surface area contributed by atoms with E-state index in [2.05, 4.69) is 16.4 Å². The molecule has 1 aromatic carbocycles. The molecule has 19 heavy (non-hydrogen) atoms. The molecule has 2 N–H and O–H groups in total. The molecule has 0 saturated carbocycles. The van der Waals surface area contributed by atoms with Gasteiger partial charge in [-0.2, -0.15) is 5.26 Å². The molecule has 4 heteroatoms. The van der Waals surface area contributed by atoms with E-state index in [1.165, 1.54) is 0 Å². The topological polar surface area (TPSA) is 68.9 Å². The minimum absolute atomic E-state index is 0.315. The standard InChI is InChI=1S/C15H15N3O/c1-11-7-8-17-15(13(11)9-16)18-10-14(19)12-5-3-2-4-6-12/h2-8,14,19H,10H2,1H3,(H,17,18). The van der Waals surface area contributed by atoms with Gasteiger partial charge in [-0.15, -0.1) is 0 Å². The van der Waals surface area contributed by atoms with Crippen molar-refractivity contribution >= 4 is 5.82 Å². The Morgan fingerprint density at radius 2 is 2.05 bits per heavy atom. The second kappa shape index (κ2) is 5.98. The summed E-state index contributed by atoms with van der Waals surface area (Å²) in [5, 5.41) is 22.2. The summed E-state index contributed by atoms with van der Waals surface area (Å²) in [4.78, 5) is 4.13. The lowest BCUT2D eigenvalue weighted by atomic mass is 10.1. The van der Waals surface area contributed by atoms with Crippen LogP contribution in [0.25, 0.3) is 0 Å². The lowest BCUT2D eigenvalue weighted by Gasteiger charge is -2.13. The van der Waals surface area contributed by atoms with Crippen molar-refractivity contribution in [3.8, 4) is 6.07 Å². The number of anilines is 1. The molecule has 0 amide bonds. The second-order valence-electron chi connectivity index (χ2n) is 4.27. The van der Waals surface area contributed by atoms with Crippen LogP contribution in [-0.4, -0.2) is 16.6 Å². The predicted molar refractivity (Wildman–Crippen MR) is 73.6 cm³/mol. The van der Waals surface area contributed by atoms with Crippen molar-refractivity contribution in [2.45, 2.75) is 13.0 Å². The molecule has 1 atom stereocenters. The summed E-state index contributed by atoms with van der Waals surface area (Å²) in [7, 11) is 0. The Bertz CT molecular complexity index is 590. The highest BCUT2D eigenvalue weighted by Crippen LogP contribution is 2.17. The maximum absolute atomic E-state index is 10.0. The van der Waals surface area contributed by atoms with Crippen LogP contribution in [0.2, 0.25) is 0 Å². The maximum Gasteiger partial charge on any atom is 0.144 e. The van der Waals surface area contributed by atoms with E-state index in [0.717, 1.165) is 11.1 Å². The van der Waals surface area contributed by atoms with Crippen molar-refractivity contribution < 1.29 is 5.11 Å². The van der Waals surface area contributed by atoms with Gasteiger partial charge in [-0.3, -0.25) is 0 Å². The number of hydrogen-bond donors (Lipinski definition) is 2. The van der Waals surface area contributed by atoms with Crippen LogP contribution in [0.4, 0.5) is 5.82 Å². The lowest BCUT2D eigenvalue weighted by molar-refractivity contribution is 0.191. The van der Waals surface area contributed by atoms with Crippen molar-refractivity contribution in [1.82, 2.24) is 4.98 Å². The number of aryl methyl sites for hydroxylation is 1. The SMILES string of the molecule is Cc1ccnc(NCC(O)c2ccccc2)c1C#N. The zero-order valence-corrected chi connectivity index (χ0v) is 10.7. The first-order valence-corrected chi connectivity index (χ1v) is 6.05. The van der Waals surface area contributed by atoms with Crippen LogP contribution >= 0.6 is 0 Å². The van der Waals surface area contributed by atoms with Gasteiger partial charge in [0, 0.05) is 12.7 Å². The lowest BCUT2D eigenvalue weighted by Crippen LogP contribution is -2.14. The quantitative estimate of drug-likeness (QED) is 0.878. The molecule has 0 aliphatic rings. The molecule has 1 heterocycles. The van der Waals surface area contributed by atoms with Crippen molar-refractivity contribution in [3.05, 3.63) is 59.3 Å². The van der Waals surface area contributed by atoms with E-state index in [4.69, 9.17) is 5.26 Å². The molecule has 0 radical (unpaired) electrons. The Morgan fingerprint density at radius 1 is 1.32 bits per heavy atom. The maximum atomic E-state index is 10.0. The third-order valence-corrected chi connectivity index (χ3v) is 2.92. The number of aromatic nitrogens is 1. The first kappa shape index (κ1) is 13.1. The third kappa shape index (κ3) is 3.09. The fraction of sp³-hybridized carbons (Fsp3) is 0.200. The van der Waals surface area contributed by atoms with Crippen LogP contribution in [0.1, 0.15) is 22.8 Å². The molecule has 96 valence electrons. The number of aliphatic hydroxyl groups excluding tert-OH is 1. The zero-order chi connectivity index (χ0) is 13.7. The van der Waals surface area contributed by atoms with Crippen LogP contribution in [0.15, 0.2) is 42.6 Å². The van der Waals surface area contributed by atoms with Gasteiger partial charge >= 0.3 is 0 Å². The van der Waals surface area contributed by atoms with Crippen LogP contribution in [0.3, 0.4) is 0 Å². The van der Waals surface area contributed by atoms with Crippen molar-refractivity contribution in [1.29, 1.82) is 5.26 Å². The highest BCUT2D eigenvalue weighted by molar-refractivity contribution is 5.55. The van der Waals surface area contributed by atoms with E-state index in [9.17, 15) is 5.11 Å². The first-order chi connectivity index (χ1) is 9.22. The minimum atomic E-state index is -0.630. The number of nitriles is 1. The van der Waals surface area contributed by atoms with Gasteiger partial charge in [0.15, 0.2) is 0 Å². The highest BCUT2D eigenvalue weighted by atomic mass is 16.3. The zero-order valence-electron chi connectivity index (χ0n) is 10.7. The van der Waals surface area contributed by atoms with Crippen LogP contribution in [0.5, 0.6) is 0 Å². The summed E-state index contributed by atoms with van der Waals surface area (Å²) in [5.74, 6) is 0.512. The summed E-state index contributed by atoms with van der Waals surface area (Å²) in [6.07, 6.45) is 1.02. The molecule has 0 aliphatic carbocycles. The first-order valence-electron chi connectivity index (χ1n) is 6.05. The summed E-state index contributed by atoms with van der Waals surface area (Å²) in [6.45, 7) is 2.17. The molecule has 1 unspecified atom stereocenters. The van der Waals surface area contributed by atoms with E-state index in [1.807, 2.05) is 37.3 Å². The van der Waals surface area contributed by atoms with Gasteiger partial charge in [-0.25, -0.2) is 4.98 Å². The fourth-order valence-corrected chi connectivity index (χ4v) is 1.82. The third-order valence-electron chi connectivity index (χ3n) is 2.92. The van der Waals surface area contributed by atoms with Gasteiger partial charge in [0.2, 0.25) is 0 Å². The van der Waals surface area contributed by atoms with Gasteiger partial charge in [-0.1, -0.05) is 30.3 Å². The second-order valence-corrected chi connectivity index (χ2v) is 4.27. The Labute approximate surface area is 112 Å². The number of rotatable bonds is 4. The molecular formula is C15H15N3O. The molecule has 0 saturated heterocycles. The van der Waals surface area contributed by atoms with E-state index in [-0.39, 0.29) is 0 Å². The molecule has 0 bridgehead atoms. The molecule has 2 aromatic rings. The van der Waals surface area contributed by atoms with E-state index in [1.54, 1.807) is 12.3 Å². The van der Waals surface area contributed by atoms with Gasteiger partial charge in [0.25, 0.3) is 0 Å². The molecule has 2 rings (SSSR count). The largest absolute Gasteiger partial charge is 0.387 e. The van der Waals surface area contributed by atoms with E-state index < -0.39 is 6.10 Å². The van der Waals surface area contributed by atoms with Gasteiger partial charge < -0.3 is 10.4 Å². The van der Waals surface area contributed by atoms with Gasteiger partial charge in [0.1, 0.15) is 11.9 Å². The Morgan fingerprint density at radius 3 is 2.74 bits per heavy atom. The highest BCUT2D eigenvalue weighted by Gasteiger charge is 2.10. The fourth-order valence-electron chi connectivity index (χ4n) is 1.82. The number of nitrogens with zero attached hydrogens (tertiary/aromatic N) is 2. The summed E-state index contributed by atoms with van der Waals surface area (Å²) < 4.78 is 0. The normalized spacial score (nSPS) is 11.6. The van der Waals surface area contributed by atoms with Crippen LogP contribution in [-0.2, 0) is 0 Å². The molecule has 0 fully saturated rings. The molecule has 0 aliphatic heterocycles. The summed E-state index contributed by atoms with van der Waals surface area (Å²) >= 11 is 0. The number of benzene rings is 1. The number of nitrogens with one attached hydrogen (secondary N) is 1. The van der Waals surface area contributed by atoms with Gasteiger partial charge in [-0.05, 0) is 24.1 Å². The van der Waals surface area contributed by atoms with E-state index in [0.29, 0.717) is 17.9 Å². The number of hydrogen-bond acceptors (Lipinski definition) is 4. The summed E-state index contributed by atoms with van der Waals surface area (Å²) in [6, 6.07) is 13.3. The van der Waals surface area contributed by atoms with Crippen LogP contribution in [0, 0.1) is 18.3 Å². The Kier molecular flexibility index (Phi) is 4.11. The van der Waals surface area contributed by atoms with Crippen molar-refractivity contribution in [3.63, 3.8) is 0 Å². The number of aliphatic hydroxyl groups is 1. The van der Waals surface area contributed by atoms with Crippen molar-refractivity contribution in [2.75, 3.05) is 11.9 Å². The number of pyridine rings is 1. The van der Waals surface area contributed by atoms with Crippen LogP contribution < -0.4 is 5.32 Å². The smallest absolute Gasteiger partial charge is 0.144 e. The Balaban J connectivity index is 2.08. The average Bonchev–Trinajstić information content (AvgIpc) is 2.45. The van der Waals surface area contributed by atoms with E-state index >= 15 is 0 Å². The van der Waals surface area contributed by atoms with Gasteiger partial charge in [0.05, 0.1) is 11.7 Å². The summed E-state index contributed by atoms with van der Waals surface area (Å²) in [5.41, 5.74) is 2.22. The predicted octanol–water partition coefficient (Wildman–Crippen LogP) is 2.41. The molecule has 0 spiro atoms. The monoisotopic (exact) mass is 253 g/mol. The average molecular weight is 253 g/mol. The molecular weight excluding hydrogens is 238 g/mol. The Hall–Kier alpha value is -2.38. The minimum Gasteiger partial charge on any atom is -0.387 e. The van der Waals surface area contributed by atoms with Crippen molar-refractivity contribution in [2.24, 2.45) is 0 Å². The molecule has 4 nitrogen and oxygen atoms in total. The molecule has 1 aromatic heterocycles.